The Bertz CT molecular complexity index is 762. The number of nitrogens with one attached hydrogen (secondary N) is 2. The lowest BCUT2D eigenvalue weighted by Crippen LogP contribution is -2.33. The number of hydrogen-bond acceptors (Lipinski definition) is 3. The van der Waals surface area contributed by atoms with E-state index in [1.807, 2.05) is 7.05 Å². The van der Waals surface area contributed by atoms with Crippen molar-refractivity contribution in [1.29, 1.82) is 0 Å². The number of amides is 1. The highest BCUT2D eigenvalue weighted by Gasteiger charge is 2.29. The molecule has 0 saturated carbocycles. The molecule has 0 aliphatic carbocycles. The molecule has 3 heterocycles. The van der Waals surface area contributed by atoms with Crippen molar-refractivity contribution in [1.82, 2.24) is 15.3 Å². The molecule has 2 aliphatic rings. The van der Waals surface area contributed by atoms with E-state index in [0.717, 1.165) is 28.9 Å². The van der Waals surface area contributed by atoms with Gasteiger partial charge >= 0.3 is 0 Å². The third-order valence-corrected chi connectivity index (χ3v) is 3.61. The van der Waals surface area contributed by atoms with Gasteiger partial charge in [-0.25, -0.2) is 9.82 Å². The fourth-order valence-corrected chi connectivity index (χ4v) is 2.90. The van der Waals surface area contributed by atoms with Gasteiger partial charge in [0.15, 0.2) is 0 Å². The Balaban J connectivity index is 2.17. The van der Waals surface area contributed by atoms with E-state index in [1.165, 1.54) is 12.1 Å². The molecular formula is C13H11FN4O. The lowest BCUT2D eigenvalue weighted by molar-refractivity contribution is 0.0956. The second-order valence-corrected chi connectivity index (χ2v) is 5.03. The van der Waals surface area contributed by atoms with Crippen LogP contribution in [0.2, 0.25) is 0 Å². The summed E-state index contributed by atoms with van der Waals surface area (Å²) in [6.07, 6.45) is 0. The first-order valence-electron chi connectivity index (χ1n) is 6.03. The Hall–Kier alpha value is -2.21. The summed E-state index contributed by atoms with van der Waals surface area (Å²) in [6.45, 7) is 1.40. The Labute approximate surface area is 108 Å². The molecule has 0 bridgehead atoms. The Morgan fingerprint density at radius 1 is 1.37 bits per heavy atom. The average Bonchev–Trinajstić information content (AvgIpc) is 2.64. The van der Waals surface area contributed by atoms with Crippen LogP contribution in [0.25, 0.3) is 10.9 Å². The van der Waals surface area contributed by atoms with E-state index in [2.05, 4.69) is 20.4 Å². The minimum Gasteiger partial charge on any atom is -0.357 e. The maximum atomic E-state index is 13.6. The van der Waals surface area contributed by atoms with Crippen molar-refractivity contribution in [2.24, 2.45) is 5.10 Å². The van der Waals surface area contributed by atoms with Gasteiger partial charge in [-0.15, -0.1) is 0 Å². The summed E-state index contributed by atoms with van der Waals surface area (Å²) in [5, 5.41) is 4.94. The predicted octanol–water partition coefficient (Wildman–Crippen LogP) is 1.20. The molecule has 96 valence electrons. The average molecular weight is 258 g/mol. The van der Waals surface area contributed by atoms with Gasteiger partial charge in [-0.1, -0.05) is 0 Å². The number of halogens is 1. The van der Waals surface area contributed by atoms with E-state index in [4.69, 9.17) is 0 Å². The molecule has 0 unspecified atom stereocenters. The number of nitrogens with zero attached hydrogens (tertiary/aromatic N) is 2. The molecule has 0 fully saturated rings. The monoisotopic (exact) mass is 258 g/mol. The smallest absolute Gasteiger partial charge is 0.272 e. The molecule has 2 aromatic rings. The largest absolute Gasteiger partial charge is 0.357 e. The topological polar surface area (TPSA) is 60.5 Å². The number of aromatic nitrogens is 1. The van der Waals surface area contributed by atoms with Crippen LogP contribution >= 0.6 is 0 Å². The van der Waals surface area contributed by atoms with Crippen molar-refractivity contribution in [3.8, 4) is 0 Å². The summed E-state index contributed by atoms with van der Waals surface area (Å²) < 4.78 is 13.6. The first-order valence-corrected chi connectivity index (χ1v) is 6.03. The van der Waals surface area contributed by atoms with Crippen molar-refractivity contribution >= 4 is 22.5 Å². The predicted molar refractivity (Wildman–Crippen MR) is 68.6 cm³/mol. The van der Waals surface area contributed by atoms with Gasteiger partial charge in [0.2, 0.25) is 0 Å². The second-order valence-electron chi connectivity index (χ2n) is 5.03. The Morgan fingerprint density at radius 3 is 3.05 bits per heavy atom. The minimum atomic E-state index is -0.423. The summed E-state index contributed by atoms with van der Waals surface area (Å²) >= 11 is 0. The van der Waals surface area contributed by atoms with E-state index in [0.29, 0.717) is 17.6 Å². The Kier molecular flexibility index (Phi) is 1.92. The van der Waals surface area contributed by atoms with Crippen molar-refractivity contribution in [2.45, 2.75) is 6.54 Å². The van der Waals surface area contributed by atoms with Crippen LogP contribution in [0.5, 0.6) is 0 Å². The fourth-order valence-electron chi connectivity index (χ4n) is 2.90. The maximum Gasteiger partial charge on any atom is 0.272 e. The third-order valence-electron chi connectivity index (χ3n) is 3.61. The molecule has 1 aromatic carbocycles. The van der Waals surface area contributed by atoms with Crippen LogP contribution in [0.15, 0.2) is 17.2 Å². The van der Waals surface area contributed by atoms with E-state index in [1.54, 1.807) is 0 Å². The van der Waals surface area contributed by atoms with Gasteiger partial charge in [0.05, 0.1) is 16.8 Å². The molecule has 1 aromatic heterocycles. The van der Waals surface area contributed by atoms with Gasteiger partial charge in [-0.05, 0) is 19.2 Å². The number of likely N-dealkylation sites (N-methyl/N-ethyl adjacent to an activating group) is 1. The minimum absolute atomic E-state index is 0.343. The number of H-pyrrole nitrogens is 1. The molecule has 0 spiro atoms. The number of carbonyl (C=O) groups is 1. The van der Waals surface area contributed by atoms with E-state index >= 15 is 0 Å². The van der Waals surface area contributed by atoms with Crippen LogP contribution in [-0.2, 0) is 6.54 Å². The molecule has 0 atom stereocenters. The van der Waals surface area contributed by atoms with Gasteiger partial charge in [0.1, 0.15) is 5.82 Å². The number of hydrazone groups is 1. The Morgan fingerprint density at radius 2 is 2.21 bits per heavy atom. The van der Waals surface area contributed by atoms with Crippen LogP contribution in [0.4, 0.5) is 4.39 Å². The van der Waals surface area contributed by atoms with Crippen molar-refractivity contribution in [3.05, 3.63) is 34.8 Å². The van der Waals surface area contributed by atoms with Crippen molar-refractivity contribution in [3.63, 3.8) is 0 Å². The number of carbonyl (C=O) groups excluding carboxylic acids is 1. The van der Waals surface area contributed by atoms with Gasteiger partial charge in [-0.3, -0.25) is 9.69 Å². The molecular weight excluding hydrogens is 247 g/mol. The summed E-state index contributed by atoms with van der Waals surface area (Å²) in [5.41, 5.74) is 6.22. The zero-order valence-corrected chi connectivity index (χ0v) is 10.2. The van der Waals surface area contributed by atoms with Crippen molar-refractivity contribution < 1.29 is 9.18 Å². The zero-order chi connectivity index (χ0) is 13.1. The summed E-state index contributed by atoms with van der Waals surface area (Å²) in [6, 6.07) is 2.69. The van der Waals surface area contributed by atoms with Crippen LogP contribution < -0.4 is 5.43 Å². The van der Waals surface area contributed by atoms with E-state index < -0.39 is 5.82 Å². The quantitative estimate of drug-likeness (QED) is 0.746. The molecule has 19 heavy (non-hydrogen) atoms. The number of benzene rings is 1. The van der Waals surface area contributed by atoms with Crippen LogP contribution in [0, 0.1) is 5.82 Å². The SMILES string of the molecule is CN1CC2=NNC(=O)c3cc(F)cc4[nH]c(c2c34)C1. The molecule has 4 rings (SSSR count). The second kappa shape index (κ2) is 3.42. The summed E-state index contributed by atoms with van der Waals surface area (Å²) in [4.78, 5) is 17.3. The molecule has 5 nitrogen and oxygen atoms in total. The van der Waals surface area contributed by atoms with E-state index in [9.17, 15) is 9.18 Å². The lowest BCUT2D eigenvalue weighted by Gasteiger charge is -2.23. The fraction of sp³-hybridized carbons (Fsp3) is 0.231. The van der Waals surface area contributed by atoms with Gasteiger partial charge in [-0.2, -0.15) is 5.10 Å². The van der Waals surface area contributed by atoms with Gasteiger partial charge < -0.3 is 4.98 Å². The van der Waals surface area contributed by atoms with Gasteiger partial charge in [0.25, 0.3) is 5.91 Å². The first kappa shape index (κ1) is 10.7. The molecule has 6 heteroatoms. The zero-order valence-electron chi connectivity index (χ0n) is 10.2. The number of aromatic amines is 1. The summed E-state index contributed by atoms with van der Waals surface area (Å²) in [5.74, 6) is -0.788. The van der Waals surface area contributed by atoms with Crippen LogP contribution in [0.3, 0.4) is 0 Å². The van der Waals surface area contributed by atoms with E-state index in [-0.39, 0.29) is 5.91 Å². The highest BCUT2D eigenvalue weighted by molar-refractivity contribution is 6.21. The lowest BCUT2D eigenvalue weighted by atomic mass is 9.98. The normalized spacial score (nSPS) is 18.2. The molecule has 2 aliphatic heterocycles. The highest BCUT2D eigenvalue weighted by Crippen LogP contribution is 2.32. The van der Waals surface area contributed by atoms with Crippen LogP contribution in [0.1, 0.15) is 21.6 Å². The highest BCUT2D eigenvalue weighted by atomic mass is 19.1. The third kappa shape index (κ3) is 1.37. The maximum absolute atomic E-state index is 13.6. The van der Waals surface area contributed by atoms with Gasteiger partial charge in [0, 0.05) is 29.7 Å². The van der Waals surface area contributed by atoms with Crippen LogP contribution in [-0.4, -0.2) is 35.1 Å². The number of hydrogen-bond donors (Lipinski definition) is 2. The molecule has 0 saturated heterocycles. The summed E-state index contributed by atoms with van der Waals surface area (Å²) in [7, 11) is 1.98. The number of rotatable bonds is 0. The molecule has 2 N–H and O–H groups in total. The first-order chi connectivity index (χ1) is 9.13. The van der Waals surface area contributed by atoms with Crippen molar-refractivity contribution in [2.75, 3.05) is 13.6 Å². The molecule has 0 radical (unpaired) electrons. The standard InChI is InChI=1S/C13H11FN4O/c1-18-4-9-12-10(5-18)16-17-13(19)7-2-6(14)3-8(15-9)11(7)12/h2-3,15H,4-5H2,1H3,(H,17,19). The molecule has 1 amide bonds.